The summed E-state index contributed by atoms with van der Waals surface area (Å²) in [7, 11) is 0. The molecular weight excluding hydrogens is 420 g/mol. The summed E-state index contributed by atoms with van der Waals surface area (Å²) in [6.45, 7) is 3.40. The molecule has 0 aromatic heterocycles. The molecule has 1 N–H and O–H groups in total. The Hall–Kier alpha value is -3.48. The lowest BCUT2D eigenvalue weighted by molar-refractivity contribution is -0.123. The van der Waals surface area contributed by atoms with E-state index in [1.807, 2.05) is 32.0 Å². The number of benzene rings is 2. The van der Waals surface area contributed by atoms with Crippen LogP contribution in [0, 0.1) is 37.5 Å². The Morgan fingerprint density at radius 3 is 2.24 bits per heavy atom. The van der Waals surface area contributed by atoms with Gasteiger partial charge in [-0.25, -0.2) is 4.79 Å². The summed E-state index contributed by atoms with van der Waals surface area (Å²) in [4.78, 5) is 51.8. The minimum absolute atomic E-state index is 0.115. The van der Waals surface area contributed by atoms with Crippen LogP contribution < -0.4 is 10.2 Å². The second kappa shape index (κ2) is 8.14. The molecule has 2 aliphatic carbocycles. The number of hydrogen-bond acceptors (Lipinski definition) is 5. The molecule has 1 saturated heterocycles. The summed E-state index contributed by atoms with van der Waals surface area (Å²) >= 11 is 0. The van der Waals surface area contributed by atoms with Gasteiger partial charge in [-0.05, 0) is 86.4 Å². The highest BCUT2D eigenvalue weighted by Gasteiger charge is 2.61. The Kier molecular flexibility index (Phi) is 5.27. The summed E-state index contributed by atoms with van der Waals surface area (Å²) in [5, 5.41) is 2.75. The van der Waals surface area contributed by atoms with Crippen molar-refractivity contribution in [3.05, 3.63) is 59.2 Å². The molecule has 2 bridgehead atoms. The zero-order valence-electron chi connectivity index (χ0n) is 18.7. The zero-order valence-corrected chi connectivity index (χ0v) is 18.7. The van der Waals surface area contributed by atoms with E-state index in [0.29, 0.717) is 23.2 Å². The van der Waals surface area contributed by atoms with Crippen molar-refractivity contribution in [2.75, 3.05) is 16.8 Å². The van der Waals surface area contributed by atoms with Gasteiger partial charge in [-0.2, -0.15) is 0 Å². The number of esters is 1. The Morgan fingerprint density at radius 1 is 0.970 bits per heavy atom. The average molecular weight is 447 g/mol. The third kappa shape index (κ3) is 3.71. The maximum absolute atomic E-state index is 12.9. The highest BCUT2D eigenvalue weighted by molar-refractivity contribution is 6.22. The van der Waals surface area contributed by atoms with Crippen molar-refractivity contribution in [3.8, 4) is 0 Å². The largest absolute Gasteiger partial charge is 0.452 e. The minimum atomic E-state index is -0.647. The van der Waals surface area contributed by atoms with Crippen molar-refractivity contribution in [1.29, 1.82) is 0 Å². The van der Waals surface area contributed by atoms with Gasteiger partial charge < -0.3 is 10.1 Å². The lowest BCUT2D eigenvalue weighted by Crippen LogP contribution is -2.32. The quantitative estimate of drug-likeness (QED) is 0.559. The van der Waals surface area contributed by atoms with Gasteiger partial charge in [0.2, 0.25) is 11.8 Å². The summed E-state index contributed by atoms with van der Waals surface area (Å²) in [6.07, 6.45) is 3.05. The summed E-state index contributed by atoms with van der Waals surface area (Å²) < 4.78 is 5.14. The van der Waals surface area contributed by atoms with Crippen LogP contribution in [0.5, 0.6) is 0 Å². The number of rotatable bonds is 5. The Balaban J connectivity index is 1.20. The van der Waals surface area contributed by atoms with Crippen LogP contribution >= 0.6 is 0 Å². The van der Waals surface area contributed by atoms with Crippen molar-refractivity contribution in [2.24, 2.45) is 23.7 Å². The maximum Gasteiger partial charge on any atom is 0.338 e. The van der Waals surface area contributed by atoms with Crippen LogP contribution in [-0.4, -0.2) is 30.3 Å². The van der Waals surface area contributed by atoms with Gasteiger partial charge in [-0.1, -0.05) is 12.1 Å². The Bertz CT molecular complexity index is 1130. The van der Waals surface area contributed by atoms with E-state index in [4.69, 9.17) is 4.74 Å². The van der Waals surface area contributed by atoms with Crippen molar-refractivity contribution in [2.45, 2.75) is 33.1 Å². The normalized spacial score (nSPS) is 25.3. The molecule has 3 amide bonds. The molecule has 4 atom stereocenters. The molecular formula is C26H26N2O5. The van der Waals surface area contributed by atoms with Gasteiger partial charge >= 0.3 is 5.97 Å². The van der Waals surface area contributed by atoms with Gasteiger partial charge in [0.1, 0.15) is 0 Å². The lowest BCUT2D eigenvalue weighted by atomic mass is 9.81. The number of aryl methyl sites for hydroxylation is 2. The van der Waals surface area contributed by atoms with E-state index in [-0.39, 0.29) is 29.2 Å². The molecule has 2 saturated carbocycles. The standard InChI is InChI=1S/C26H26N2O5/c1-14-3-4-15(2)20(11-14)27-21(29)13-33-26(32)16-7-9-19(10-8-16)28-24(30)22-17-5-6-18(12-17)23(22)25(28)31/h3-4,7-11,17-18,22-23H,5-6,12-13H2,1-2H3,(H,27,29)/t17-,18-,22-,23+/m0/s1. The van der Waals surface area contributed by atoms with E-state index >= 15 is 0 Å². The average Bonchev–Trinajstić information content (AvgIpc) is 3.48. The molecule has 0 spiro atoms. The number of fused-ring (bicyclic) bond motifs is 5. The molecule has 7 nitrogen and oxygen atoms in total. The van der Waals surface area contributed by atoms with Gasteiger partial charge in [0.15, 0.2) is 6.61 Å². The molecule has 33 heavy (non-hydrogen) atoms. The fourth-order valence-electron chi connectivity index (χ4n) is 5.68. The van der Waals surface area contributed by atoms with Crippen LogP contribution in [0.2, 0.25) is 0 Å². The van der Waals surface area contributed by atoms with E-state index in [0.717, 1.165) is 30.4 Å². The van der Waals surface area contributed by atoms with Crippen LogP contribution in [0.4, 0.5) is 11.4 Å². The molecule has 1 aliphatic heterocycles. The van der Waals surface area contributed by atoms with Gasteiger partial charge in [0.25, 0.3) is 5.91 Å². The zero-order chi connectivity index (χ0) is 23.3. The summed E-state index contributed by atoms with van der Waals surface area (Å²) in [5.41, 5.74) is 3.33. The topological polar surface area (TPSA) is 92.8 Å². The van der Waals surface area contributed by atoms with E-state index in [2.05, 4.69) is 5.32 Å². The highest BCUT2D eigenvalue weighted by Crippen LogP contribution is 2.56. The molecule has 5 rings (SSSR count). The molecule has 3 fully saturated rings. The number of carbonyl (C=O) groups excluding carboxylic acids is 4. The van der Waals surface area contributed by atoms with Gasteiger partial charge in [0, 0.05) is 5.69 Å². The SMILES string of the molecule is Cc1ccc(C)c(NC(=O)COC(=O)c2ccc(N3C(=O)[C@@H]4[C@H]5CC[C@@H](C5)[C@@H]4C3=O)cc2)c1. The number of anilines is 2. The number of hydrogen-bond donors (Lipinski definition) is 1. The summed E-state index contributed by atoms with van der Waals surface area (Å²) in [6, 6.07) is 11.9. The minimum Gasteiger partial charge on any atom is -0.452 e. The molecule has 0 radical (unpaired) electrons. The fraction of sp³-hybridized carbons (Fsp3) is 0.385. The van der Waals surface area contributed by atoms with Crippen LogP contribution in [-0.2, 0) is 19.1 Å². The number of nitrogens with zero attached hydrogens (tertiary/aromatic N) is 1. The second-order valence-corrected chi connectivity index (χ2v) is 9.39. The maximum atomic E-state index is 12.9. The number of imide groups is 1. The van der Waals surface area contributed by atoms with E-state index < -0.39 is 18.5 Å². The first-order valence-electron chi connectivity index (χ1n) is 11.4. The van der Waals surface area contributed by atoms with Gasteiger partial charge in [-0.3, -0.25) is 19.3 Å². The predicted octanol–water partition coefficient (Wildman–Crippen LogP) is 3.63. The Labute approximate surface area is 192 Å². The summed E-state index contributed by atoms with van der Waals surface area (Å²) in [5.74, 6) is -1.02. The van der Waals surface area contributed by atoms with Gasteiger partial charge in [-0.15, -0.1) is 0 Å². The number of ether oxygens (including phenoxy) is 1. The molecule has 170 valence electrons. The van der Waals surface area contributed by atoms with Crippen LogP contribution in [0.25, 0.3) is 0 Å². The molecule has 0 unspecified atom stereocenters. The first kappa shape index (κ1) is 21.4. The van der Waals surface area contributed by atoms with Crippen LogP contribution in [0.15, 0.2) is 42.5 Å². The lowest BCUT2D eigenvalue weighted by Gasteiger charge is -2.19. The smallest absolute Gasteiger partial charge is 0.338 e. The molecule has 1 heterocycles. The fourth-order valence-corrected chi connectivity index (χ4v) is 5.68. The van der Waals surface area contributed by atoms with Crippen molar-refractivity contribution >= 4 is 35.1 Å². The van der Waals surface area contributed by atoms with E-state index in [9.17, 15) is 19.2 Å². The number of carbonyl (C=O) groups is 4. The van der Waals surface area contributed by atoms with Gasteiger partial charge in [0.05, 0.1) is 23.1 Å². The number of amides is 3. The third-order valence-corrected chi connectivity index (χ3v) is 7.29. The monoisotopic (exact) mass is 446 g/mol. The third-order valence-electron chi connectivity index (χ3n) is 7.29. The first-order valence-corrected chi connectivity index (χ1v) is 11.4. The van der Waals surface area contributed by atoms with E-state index in [1.54, 1.807) is 12.1 Å². The van der Waals surface area contributed by atoms with Crippen molar-refractivity contribution < 1.29 is 23.9 Å². The molecule has 2 aromatic rings. The van der Waals surface area contributed by atoms with Crippen LogP contribution in [0.3, 0.4) is 0 Å². The first-order chi connectivity index (χ1) is 15.8. The molecule has 7 heteroatoms. The van der Waals surface area contributed by atoms with Crippen molar-refractivity contribution in [1.82, 2.24) is 0 Å². The van der Waals surface area contributed by atoms with Crippen LogP contribution in [0.1, 0.15) is 40.7 Å². The molecule has 2 aromatic carbocycles. The number of nitrogens with one attached hydrogen (secondary N) is 1. The predicted molar refractivity (Wildman–Crippen MR) is 122 cm³/mol. The highest BCUT2D eigenvalue weighted by atomic mass is 16.5. The van der Waals surface area contributed by atoms with E-state index in [1.165, 1.54) is 17.0 Å². The molecule has 3 aliphatic rings. The Morgan fingerprint density at radius 2 is 1.61 bits per heavy atom. The van der Waals surface area contributed by atoms with Crippen molar-refractivity contribution in [3.63, 3.8) is 0 Å². The second-order valence-electron chi connectivity index (χ2n) is 9.39.